The molecule has 0 bridgehead atoms. The van der Waals surface area contributed by atoms with E-state index >= 15 is 0 Å². The molecule has 114 valence electrons. The molecule has 2 N–H and O–H groups in total. The zero-order valence-electron chi connectivity index (χ0n) is 12.0. The van der Waals surface area contributed by atoms with Crippen LogP contribution in [0.15, 0.2) is 53.0 Å². The van der Waals surface area contributed by atoms with Crippen LogP contribution in [-0.4, -0.2) is 17.0 Å². The molecule has 4 nitrogen and oxygen atoms in total. The van der Waals surface area contributed by atoms with Gasteiger partial charge in [0.15, 0.2) is 0 Å². The number of hydrogen-bond donors (Lipinski definition) is 2. The van der Waals surface area contributed by atoms with Gasteiger partial charge in [-0.05, 0) is 40.5 Å². The van der Waals surface area contributed by atoms with E-state index < -0.39 is 12.0 Å². The third kappa shape index (κ3) is 4.18. The molecule has 2 aromatic carbocycles. The lowest BCUT2D eigenvalue weighted by Gasteiger charge is -2.18. The van der Waals surface area contributed by atoms with E-state index in [2.05, 4.69) is 21.2 Å². The molecular weight excluding hydrogens is 346 g/mol. The van der Waals surface area contributed by atoms with Crippen LogP contribution in [-0.2, 0) is 4.79 Å². The number of aryl methyl sites for hydroxylation is 1. The molecule has 1 atom stereocenters. The maximum Gasteiger partial charge on any atom is 0.305 e. The van der Waals surface area contributed by atoms with Gasteiger partial charge < -0.3 is 10.4 Å². The molecular formula is C17H16BrNO3. The topological polar surface area (TPSA) is 66.4 Å². The first-order valence-electron chi connectivity index (χ1n) is 6.81. The molecule has 0 aliphatic rings. The van der Waals surface area contributed by atoms with Gasteiger partial charge in [0, 0.05) is 4.47 Å². The number of rotatable bonds is 5. The lowest BCUT2D eigenvalue weighted by atomic mass is 10.0. The lowest BCUT2D eigenvalue weighted by molar-refractivity contribution is -0.137. The zero-order valence-corrected chi connectivity index (χ0v) is 13.6. The monoisotopic (exact) mass is 361 g/mol. The second-order valence-electron chi connectivity index (χ2n) is 5.01. The third-order valence-electron chi connectivity index (χ3n) is 3.28. The van der Waals surface area contributed by atoms with Crippen LogP contribution in [0, 0.1) is 6.92 Å². The smallest absolute Gasteiger partial charge is 0.305 e. The van der Waals surface area contributed by atoms with Gasteiger partial charge >= 0.3 is 5.97 Å². The van der Waals surface area contributed by atoms with Gasteiger partial charge in [0.1, 0.15) is 0 Å². The molecule has 22 heavy (non-hydrogen) atoms. The van der Waals surface area contributed by atoms with Gasteiger partial charge in [-0.2, -0.15) is 0 Å². The van der Waals surface area contributed by atoms with Crippen molar-refractivity contribution < 1.29 is 14.7 Å². The van der Waals surface area contributed by atoms with Crippen molar-refractivity contribution in [1.29, 1.82) is 0 Å². The van der Waals surface area contributed by atoms with Gasteiger partial charge in [0.2, 0.25) is 0 Å². The highest BCUT2D eigenvalue weighted by molar-refractivity contribution is 9.10. The van der Waals surface area contributed by atoms with E-state index in [4.69, 9.17) is 5.11 Å². The van der Waals surface area contributed by atoms with E-state index in [1.807, 2.05) is 37.3 Å². The van der Waals surface area contributed by atoms with E-state index in [9.17, 15) is 9.59 Å². The molecule has 0 heterocycles. The van der Waals surface area contributed by atoms with Crippen LogP contribution in [0.1, 0.15) is 33.9 Å². The normalized spacial score (nSPS) is 11.7. The van der Waals surface area contributed by atoms with Crippen molar-refractivity contribution in [2.24, 2.45) is 0 Å². The summed E-state index contributed by atoms with van der Waals surface area (Å²) in [7, 11) is 0. The number of carbonyl (C=O) groups is 2. The van der Waals surface area contributed by atoms with Crippen LogP contribution < -0.4 is 5.32 Å². The van der Waals surface area contributed by atoms with Crippen molar-refractivity contribution in [3.05, 3.63) is 69.7 Å². The van der Waals surface area contributed by atoms with Crippen molar-refractivity contribution in [3.8, 4) is 0 Å². The SMILES string of the molecule is Cc1ccc([C@H](CC(=O)O)NC(=O)c2ccccc2Br)cc1. The number of benzene rings is 2. The van der Waals surface area contributed by atoms with E-state index in [1.54, 1.807) is 18.2 Å². The van der Waals surface area contributed by atoms with E-state index in [1.165, 1.54) is 0 Å². The number of carboxylic acid groups (broad SMARTS) is 1. The molecule has 2 aromatic rings. The predicted octanol–water partition coefficient (Wildman–Crippen LogP) is 3.70. The van der Waals surface area contributed by atoms with E-state index in [0.29, 0.717) is 10.0 Å². The van der Waals surface area contributed by atoms with Crippen molar-refractivity contribution in [2.75, 3.05) is 0 Å². The fraction of sp³-hybridized carbons (Fsp3) is 0.176. The Morgan fingerprint density at radius 3 is 2.36 bits per heavy atom. The molecule has 0 aromatic heterocycles. The van der Waals surface area contributed by atoms with Crippen LogP contribution in [0.25, 0.3) is 0 Å². The van der Waals surface area contributed by atoms with Crippen molar-refractivity contribution in [2.45, 2.75) is 19.4 Å². The number of halogens is 1. The summed E-state index contributed by atoms with van der Waals surface area (Å²) < 4.78 is 0.672. The van der Waals surface area contributed by atoms with Gasteiger partial charge in [-0.15, -0.1) is 0 Å². The van der Waals surface area contributed by atoms with Crippen LogP contribution in [0.3, 0.4) is 0 Å². The van der Waals surface area contributed by atoms with Crippen LogP contribution in [0.2, 0.25) is 0 Å². The average molecular weight is 362 g/mol. The first-order valence-corrected chi connectivity index (χ1v) is 7.60. The molecule has 0 saturated heterocycles. The summed E-state index contributed by atoms with van der Waals surface area (Å²) in [5.74, 6) is -1.27. The second-order valence-corrected chi connectivity index (χ2v) is 5.87. The standard InChI is InChI=1S/C17H16BrNO3/c1-11-6-8-12(9-7-11)15(10-16(20)21)19-17(22)13-4-2-3-5-14(13)18/h2-9,15H,10H2,1H3,(H,19,22)(H,20,21)/t15-/m0/s1. The zero-order chi connectivity index (χ0) is 16.1. The number of aliphatic carboxylic acids is 1. The van der Waals surface area contributed by atoms with Gasteiger partial charge in [-0.25, -0.2) is 0 Å². The maximum atomic E-state index is 12.4. The molecule has 2 rings (SSSR count). The molecule has 0 aliphatic carbocycles. The highest BCUT2D eigenvalue weighted by atomic mass is 79.9. The Morgan fingerprint density at radius 2 is 1.77 bits per heavy atom. The average Bonchev–Trinajstić information content (AvgIpc) is 2.47. The van der Waals surface area contributed by atoms with Gasteiger partial charge in [-0.3, -0.25) is 9.59 Å². The minimum Gasteiger partial charge on any atom is -0.481 e. The summed E-state index contributed by atoms with van der Waals surface area (Å²) in [6.45, 7) is 1.95. The molecule has 0 unspecified atom stereocenters. The third-order valence-corrected chi connectivity index (χ3v) is 3.97. The maximum absolute atomic E-state index is 12.4. The van der Waals surface area contributed by atoms with Crippen molar-refractivity contribution in [3.63, 3.8) is 0 Å². The first-order chi connectivity index (χ1) is 10.5. The number of nitrogens with one attached hydrogen (secondary N) is 1. The van der Waals surface area contributed by atoms with Crippen LogP contribution in [0.5, 0.6) is 0 Å². The number of amides is 1. The Bertz CT molecular complexity index is 683. The summed E-state index contributed by atoms with van der Waals surface area (Å²) in [5, 5.41) is 11.9. The Labute approximate surface area is 137 Å². The summed E-state index contributed by atoms with van der Waals surface area (Å²) in [6, 6.07) is 13.9. The molecule has 0 aliphatic heterocycles. The number of carboxylic acids is 1. The fourth-order valence-electron chi connectivity index (χ4n) is 2.11. The highest BCUT2D eigenvalue weighted by Crippen LogP contribution is 2.21. The van der Waals surface area contributed by atoms with Gasteiger partial charge in [0.05, 0.1) is 18.0 Å². The van der Waals surface area contributed by atoms with E-state index in [-0.39, 0.29) is 12.3 Å². The van der Waals surface area contributed by atoms with Gasteiger partial charge in [-0.1, -0.05) is 42.0 Å². The summed E-state index contributed by atoms with van der Waals surface area (Å²) in [4.78, 5) is 23.4. The Hall–Kier alpha value is -2.14. The Kier molecular flexibility index (Phi) is 5.33. The molecule has 5 heteroatoms. The predicted molar refractivity (Wildman–Crippen MR) is 87.8 cm³/mol. The summed E-state index contributed by atoms with van der Waals surface area (Å²) >= 11 is 3.33. The highest BCUT2D eigenvalue weighted by Gasteiger charge is 2.19. The van der Waals surface area contributed by atoms with Crippen LogP contribution >= 0.6 is 15.9 Å². The second kappa shape index (κ2) is 7.22. The molecule has 0 radical (unpaired) electrons. The molecule has 0 fully saturated rings. The summed E-state index contributed by atoms with van der Waals surface area (Å²) in [6.07, 6.45) is -0.167. The Morgan fingerprint density at radius 1 is 1.14 bits per heavy atom. The lowest BCUT2D eigenvalue weighted by Crippen LogP contribution is -2.30. The number of carbonyl (C=O) groups excluding carboxylic acids is 1. The largest absolute Gasteiger partial charge is 0.481 e. The van der Waals surface area contributed by atoms with Gasteiger partial charge in [0.25, 0.3) is 5.91 Å². The fourth-order valence-corrected chi connectivity index (χ4v) is 2.57. The van der Waals surface area contributed by atoms with E-state index in [0.717, 1.165) is 11.1 Å². The minimum absolute atomic E-state index is 0.167. The van der Waals surface area contributed by atoms with Crippen LogP contribution in [0.4, 0.5) is 0 Å². The van der Waals surface area contributed by atoms with Crippen molar-refractivity contribution in [1.82, 2.24) is 5.32 Å². The first kappa shape index (κ1) is 16.2. The minimum atomic E-state index is -0.960. The van der Waals surface area contributed by atoms with Crippen molar-refractivity contribution >= 4 is 27.8 Å². The Balaban J connectivity index is 2.23. The molecule has 0 spiro atoms. The quantitative estimate of drug-likeness (QED) is 0.852. The molecule has 1 amide bonds. The number of hydrogen-bond acceptors (Lipinski definition) is 2. The summed E-state index contributed by atoms with van der Waals surface area (Å²) in [5.41, 5.74) is 2.33. The molecule has 0 saturated carbocycles.